The summed E-state index contributed by atoms with van der Waals surface area (Å²) in [6.45, 7) is 0.116. The summed E-state index contributed by atoms with van der Waals surface area (Å²) in [5.41, 5.74) is 0.0393. The normalized spacial score (nSPS) is 11.4. The second-order valence-electron chi connectivity index (χ2n) is 3.70. The Hall–Kier alpha value is -1.08. The Balaban J connectivity index is 2.38. The van der Waals surface area contributed by atoms with Gasteiger partial charge in [0.25, 0.3) is 5.91 Å². The van der Waals surface area contributed by atoms with E-state index in [0.29, 0.717) is 0 Å². The molecule has 1 aromatic heterocycles. The van der Waals surface area contributed by atoms with Gasteiger partial charge in [-0.15, -0.1) is 10.2 Å². The number of carbonyl (C=O) groups is 1. The minimum atomic E-state index is -4.17. The lowest BCUT2D eigenvalue weighted by molar-refractivity contribution is -0.135. The molecule has 0 unspecified atom stereocenters. The second-order valence-corrected chi connectivity index (χ2v) is 4.44. The summed E-state index contributed by atoms with van der Waals surface area (Å²) >= 11 is 11.2. The molecule has 0 fully saturated rings. The van der Waals surface area contributed by atoms with Crippen LogP contribution in [0.15, 0.2) is 6.07 Å². The van der Waals surface area contributed by atoms with Crippen LogP contribution >= 0.6 is 23.2 Å². The number of amides is 1. The molecule has 0 saturated heterocycles. The first-order chi connectivity index (χ1) is 8.79. The number of rotatable bonds is 5. The third-order valence-corrected chi connectivity index (χ3v) is 2.60. The number of alkyl halides is 3. The van der Waals surface area contributed by atoms with E-state index in [4.69, 9.17) is 23.2 Å². The molecular formula is C10H10Cl2F3N3O. The lowest BCUT2D eigenvalue weighted by Crippen LogP contribution is -2.25. The van der Waals surface area contributed by atoms with Gasteiger partial charge in [-0.25, -0.2) is 0 Å². The number of unbranched alkanes of at least 4 members (excludes halogenated alkanes) is 1. The largest absolute Gasteiger partial charge is 0.389 e. The Labute approximate surface area is 117 Å². The fourth-order valence-corrected chi connectivity index (χ4v) is 1.58. The van der Waals surface area contributed by atoms with Crippen molar-refractivity contribution < 1.29 is 18.0 Å². The smallest absolute Gasteiger partial charge is 0.352 e. The predicted octanol–water partition coefficient (Wildman–Crippen LogP) is 3.25. The maximum absolute atomic E-state index is 11.9. The van der Waals surface area contributed by atoms with Gasteiger partial charge < -0.3 is 5.32 Å². The average Bonchev–Trinajstić information content (AvgIpc) is 2.30. The number of hydrogen-bond donors (Lipinski definition) is 1. The number of nitrogens with zero attached hydrogens (tertiary/aromatic N) is 2. The van der Waals surface area contributed by atoms with Crippen LogP contribution in [0.5, 0.6) is 0 Å². The van der Waals surface area contributed by atoms with Crippen LogP contribution in [0.1, 0.15) is 29.6 Å². The highest BCUT2D eigenvalue weighted by Gasteiger charge is 2.25. The van der Waals surface area contributed by atoms with Gasteiger partial charge in [-0.2, -0.15) is 13.2 Å². The van der Waals surface area contributed by atoms with E-state index in [9.17, 15) is 18.0 Å². The van der Waals surface area contributed by atoms with Crippen molar-refractivity contribution in [1.82, 2.24) is 15.5 Å². The molecule has 9 heteroatoms. The van der Waals surface area contributed by atoms with E-state index in [-0.39, 0.29) is 35.3 Å². The first-order valence-corrected chi connectivity index (χ1v) is 6.09. The molecule has 0 spiro atoms. The van der Waals surface area contributed by atoms with Crippen molar-refractivity contribution in [1.29, 1.82) is 0 Å². The van der Waals surface area contributed by atoms with Gasteiger partial charge in [-0.05, 0) is 18.9 Å². The molecule has 0 saturated carbocycles. The van der Waals surface area contributed by atoms with Crippen LogP contribution in [-0.4, -0.2) is 28.8 Å². The van der Waals surface area contributed by atoms with Gasteiger partial charge in [-0.3, -0.25) is 4.79 Å². The van der Waals surface area contributed by atoms with Crippen molar-refractivity contribution in [3.8, 4) is 0 Å². The van der Waals surface area contributed by atoms with E-state index in [1.165, 1.54) is 6.07 Å². The number of hydrogen-bond acceptors (Lipinski definition) is 3. The molecule has 1 amide bonds. The van der Waals surface area contributed by atoms with Crippen LogP contribution < -0.4 is 5.32 Å². The molecule has 106 valence electrons. The quantitative estimate of drug-likeness (QED) is 0.849. The van der Waals surface area contributed by atoms with E-state index >= 15 is 0 Å². The topological polar surface area (TPSA) is 54.9 Å². The van der Waals surface area contributed by atoms with Crippen LogP contribution in [0.4, 0.5) is 13.2 Å². The molecule has 0 aliphatic heterocycles. The summed E-state index contributed by atoms with van der Waals surface area (Å²) in [7, 11) is 0. The van der Waals surface area contributed by atoms with Gasteiger partial charge in [0.15, 0.2) is 10.3 Å². The fourth-order valence-electron chi connectivity index (χ4n) is 1.26. The van der Waals surface area contributed by atoms with Crippen molar-refractivity contribution in [2.24, 2.45) is 0 Å². The van der Waals surface area contributed by atoms with Crippen molar-refractivity contribution in [3.63, 3.8) is 0 Å². The maximum Gasteiger partial charge on any atom is 0.389 e. The summed E-state index contributed by atoms with van der Waals surface area (Å²) in [6.07, 6.45) is -4.87. The van der Waals surface area contributed by atoms with Crippen LogP contribution in [0, 0.1) is 0 Å². The highest BCUT2D eigenvalue weighted by atomic mass is 35.5. The molecule has 0 aliphatic rings. The van der Waals surface area contributed by atoms with Gasteiger partial charge in [0.1, 0.15) is 0 Å². The molecule has 0 radical (unpaired) electrons. The van der Waals surface area contributed by atoms with E-state index in [1.54, 1.807) is 0 Å². The predicted molar refractivity (Wildman–Crippen MR) is 64.3 cm³/mol. The number of nitrogens with one attached hydrogen (secondary N) is 1. The lowest BCUT2D eigenvalue weighted by Gasteiger charge is -2.07. The first-order valence-electron chi connectivity index (χ1n) is 5.33. The first kappa shape index (κ1) is 16.0. The standard InChI is InChI=1S/C10H10Cl2F3N3O/c11-7-5-6(8(12)18-17-7)9(19)16-4-2-1-3-10(13,14)15/h5H,1-4H2,(H,16,19). The Kier molecular flexibility index (Phi) is 5.81. The Morgan fingerprint density at radius 1 is 1.26 bits per heavy atom. The van der Waals surface area contributed by atoms with Gasteiger partial charge >= 0.3 is 6.18 Å². The molecule has 1 N–H and O–H groups in total. The number of carbonyl (C=O) groups excluding carboxylic acids is 1. The third kappa shape index (κ3) is 6.07. The van der Waals surface area contributed by atoms with Gasteiger partial charge in [0.2, 0.25) is 0 Å². The molecule has 0 bridgehead atoms. The molecule has 1 heterocycles. The summed E-state index contributed by atoms with van der Waals surface area (Å²) in [5.74, 6) is -0.547. The summed E-state index contributed by atoms with van der Waals surface area (Å²) in [5, 5.41) is 9.22. The molecule has 1 aromatic rings. The van der Waals surface area contributed by atoms with Crippen molar-refractivity contribution in [2.45, 2.75) is 25.4 Å². The van der Waals surface area contributed by atoms with E-state index in [2.05, 4.69) is 15.5 Å². The minimum absolute atomic E-state index is 0.00613. The van der Waals surface area contributed by atoms with Crippen LogP contribution in [-0.2, 0) is 0 Å². The van der Waals surface area contributed by atoms with E-state index < -0.39 is 18.5 Å². The maximum atomic E-state index is 11.9. The molecular weight excluding hydrogens is 306 g/mol. The highest BCUT2D eigenvalue weighted by molar-refractivity contribution is 6.34. The van der Waals surface area contributed by atoms with Crippen molar-refractivity contribution in [3.05, 3.63) is 21.9 Å². The van der Waals surface area contributed by atoms with E-state index in [1.807, 2.05) is 0 Å². The molecule has 1 rings (SSSR count). The van der Waals surface area contributed by atoms with Gasteiger partial charge in [0.05, 0.1) is 5.56 Å². The van der Waals surface area contributed by atoms with Gasteiger partial charge in [-0.1, -0.05) is 23.2 Å². The molecule has 0 atom stereocenters. The monoisotopic (exact) mass is 315 g/mol. The van der Waals surface area contributed by atoms with Crippen LogP contribution in [0.2, 0.25) is 10.3 Å². The van der Waals surface area contributed by atoms with Crippen LogP contribution in [0.3, 0.4) is 0 Å². The zero-order valence-corrected chi connectivity index (χ0v) is 11.1. The molecule has 0 aromatic carbocycles. The Morgan fingerprint density at radius 2 is 1.95 bits per heavy atom. The molecule has 19 heavy (non-hydrogen) atoms. The fraction of sp³-hybridized carbons (Fsp3) is 0.500. The van der Waals surface area contributed by atoms with Gasteiger partial charge in [0, 0.05) is 13.0 Å². The van der Waals surface area contributed by atoms with E-state index in [0.717, 1.165) is 0 Å². The SMILES string of the molecule is O=C(NCCCCC(F)(F)F)c1cc(Cl)nnc1Cl. The second kappa shape index (κ2) is 6.91. The molecule has 4 nitrogen and oxygen atoms in total. The van der Waals surface area contributed by atoms with Crippen molar-refractivity contribution in [2.75, 3.05) is 6.54 Å². The number of halogens is 5. The van der Waals surface area contributed by atoms with Crippen molar-refractivity contribution >= 4 is 29.1 Å². The Bertz CT molecular complexity index is 454. The summed E-state index contributed by atoms with van der Waals surface area (Å²) in [6, 6.07) is 1.24. The lowest BCUT2D eigenvalue weighted by atomic mass is 10.2. The third-order valence-electron chi connectivity index (χ3n) is 2.14. The number of aromatic nitrogens is 2. The summed E-state index contributed by atoms with van der Waals surface area (Å²) < 4.78 is 35.6. The zero-order valence-electron chi connectivity index (χ0n) is 9.60. The minimum Gasteiger partial charge on any atom is -0.352 e. The Morgan fingerprint density at radius 3 is 2.58 bits per heavy atom. The van der Waals surface area contributed by atoms with Crippen LogP contribution in [0.25, 0.3) is 0 Å². The summed E-state index contributed by atoms with van der Waals surface area (Å²) in [4.78, 5) is 11.6. The average molecular weight is 316 g/mol. The highest BCUT2D eigenvalue weighted by Crippen LogP contribution is 2.22. The molecule has 0 aliphatic carbocycles. The zero-order chi connectivity index (χ0) is 14.5.